The molecule has 5 rings (SSSR count). The number of allylic oxidation sites excluding steroid dienone is 3. The second-order valence-electron chi connectivity index (χ2n) is 14.4. The van der Waals surface area contributed by atoms with Crippen LogP contribution in [0.15, 0.2) is 23.5 Å². The van der Waals surface area contributed by atoms with E-state index in [1.54, 1.807) is 0 Å². The second kappa shape index (κ2) is 7.12. The molecule has 0 aromatic heterocycles. The maximum Gasteiger partial charge on any atom is 0.0961 e. The summed E-state index contributed by atoms with van der Waals surface area (Å²) in [7, 11) is 0. The predicted molar refractivity (Wildman–Crippen MR) is 134 cm³/mol. The Bertz CT molecular complexity index is 883. The van der Waals surface area contributed by atoms with Gasteiger partial charge >= 0.3 is 0 Å². The van der Waals surface area contributed by atoms with Gasteiger partial charge in [-0.05, 0) is 98.9 Å². The van der Waals surface area contributed by atoms with Gasteiger partial charge in [-0.2, -0.15) is 0 Å². The number of rotatable bonds is 4. The molecule has 3 heteroatoms. The lowest BCUT2D eigenvalue weighted by molar-refractivity contribution is -0.197. The zero-order valence-corrected chi connectivity index (χ0v) is 22.4. The van der Waals surface area contributed by atoms with Crippen LogP contribution in [0.3, 0.4) is 0 Å². The molecular formula is C30H48O3. The Morgan fingerprint density at radius 3 is 2.36 bits per heavy atom. The van der Waals surface area contributed by atoms with Gasteiger partial charge in [-0.25, -0.2) is 0 Å². The molecule has 2 N–H and O–H groups in total. The van der Waals surface area contributed by atoms with E-state index in [-0.39, 0.29) is 33.2 Å². The van der Waals surface area contributed by atoms with Crippen molar-refractivity contribution in [1.82, 2.24) is 0 Å². The van der Waals surface area contributed by atoms with Crippen LogP contribution in [0.2, 0.25) is 0 Å². The van der Waals surface area contributed by atoms with Gasteiger partial charge in [0.1, 0.15) is 0 Å². The fourth-order valence-electron chi connectivity index (χ4n) is 9.59. The minimum absolute atomic E-state index is 0.0397. The Kier molecular flexibility index (Phi) is 5.16. The average molecular weight is 457 g/mol. The van der Waals surface area contributed by atoms with E-state index in [4.69, 9.17) is 4.74 Å². The highest BCUT2D eigenvalue weighted by Gasteiger charge is 2.70. The Morgan fingerprint density at radius 2 is 1.73 bits per heavy atom. The minimum atomic E-state index is -0.391. The topological polar surface area (TPSA) is 53.0 Å². The van der Waals surface area contributed by atoms with Crippen LogP contribution in [0.1, 0.15) is 100 Å². The molecule has 2 saturated carbocycles. The monoisotopic (exact) mass is 456 g/mol. The van der Waals surface area contributed by atoms with Gasteiger partial charge in [0, 0.05) is 11.3 Å². The van der Waals surface area contributed by atoms with E-state index in [2.05, 4.69) is 61.5 Å². The van der Waals surface area contributed by atoms with Gasteiger partial charge in [-0.3, -0.25) is 0 Å². The van der Waals surface area contributed by atoms with E-state index in [0.717, 1.165) is 25.7 Å². The van der Waals surface area contributed by atoms with E-state index >= 15 is 0 Å². The zero-order valence-electron chi connectivity index (χ0n) is 22.4. The highest BCUT2D eigenvalue weighted by atomic mass is 16.6. The van der Waals surface area contributed by atoms with Crippen molar-refractivity contribution in [2.24, 2.45) is 45.3 Å². The minimum Gasteiger partial charge on any atom is -0.512 e. The molecule has 2 unspecified atom stereocenters. The number of aliphatic hydroxyl groups is 2. The third-order valence-corrected chi connectivity index (χ3v) is 12.1. The van der Waals surface area contributed by atoms with Gasteiger partial charge in [0.15, 0.2) is 0 Å². The van der Waals surface area contributed by atoms with E-state index in [1.807, 2.05) is 6.08 Å². The van der Waals surface area contributed by atoms with Gasteiger partial charge in [-0.15, -0.1) is 0 Å². The van der Waals surface area contributed by atoms with E-state index in [1.165, 1.54) is 24.8 Å². The van der Waals surface area contributed by atoms with Gasteiger partial charge < -0.3 is 14.9 Å². The molecule has 186 valence electrons. The van der Waals surface area contributed by atoms with Gasteiger partial charge in [0.05, 0.1) is 23.6 Å². The van der Waals surface area contributed by atoms with Crippen molar-refractivity contribution in [1.29, 1.82) is 0 Å². The maximum atomic E-state index is 11.9. The molecule has 1 heterocycles. The highest BCUT2D eigenvalue weighted by molar-refractivity contribution is 5.37. The first kappa shape index (κ1) is 23.9. The molecule has 4 aliphatic carbocycles. The van der Waals surface area contributed by atoms with E-state index in [9.17, 15) is 10.2 Å². The highest BCUT2D eigenvalue weighted by Crippen LogP contribution is 2.75. The molecule has 33 heavy (non-hydrogen) atoms. The molecule has 9 atom stereocenters. The summed E-state index contributed by atoms with van der Waals surface area (Å²) in [5.41, 5.74) is 1.50. The Hall–Kier alpha value is -0.800. The summed E-state index contributed by atoms with van der Waals surface area (Å²) >= 11 is 0. The summed E-state index contributed by atoms with van der Waals surface area (Å²) in [4.78, 5) is 0. The Morgan fingerprint density at radius 1 is 1.06 bits per heavy atom. The Balaban J connectivity index is 1.46. The lowest BCUT2D eigenvalue weighted by atomic mass is 9.38. The smallest absolute Gasteiger partial charge is 0.0961 e. The van der Waals surface area contributed by atoms with Crippen LogP contribution in [-0.4, -0.2) is 28.0 Å². The molecule has 3 nitrogen and oxygen atoms in total. The molecule has 0 aromatic carbocycles. The summed E-state index contributed by atoms with van der Waals surface area (Å²) in [5, 5.41) is 23.1. The van der Waals surface area contributed by atoms with E-state index in [0.29, 0.717) is 29.6 Å². The third kappa shape index (κ3) is 3.13. The lowest BCUT2D eigenvalue weighted by Crippen LogP contribution is -2.64. The van der Waals surface area contributed by atoms with Gasteiger partial charge in [0.2, 0.25) is 0 Å². The van der Waals surface area contributed by atoms with Crippen LogP contribution in [0, 0.1) is 45.3 Å². The normalized spacial score (nSPS) is 50.4. The molecule has 0 aromatic rings. The summed E-state index contributed by atoms with van der Waals surface area (Å²) < 4.78 is 5.87. The number of hydrogen-bond donors (Lipinski definition) is 2. The molecule has 1 saturated heterocycles. The van der Waals surface area contributed by atoms with Crippen molar-refractivity contribution in [3.8, 4) is 0 Å². The van der Waals surface area contributed by atoms with Crippen molar-refractivity contribution in [3.05, 3.63) is 23.5 Å². The number of ether oxygens (including phenoxy) is 1. The average Bonchev–Trinajstić information content (AvgIpc) is 3.24. The van der Waals surface area contributed by atoms with Crippen molar-refractivity contribution in [3.63, 3.8) is 0 Å². The lowest BCUT2D eigenvalue weighted by Gasteiger charge is -2.66. The van der Waals surface area contributed by atoms with Crippen LogP contribution in [0.25, 0.3) is 0 Å². The standard InChI is InChI=1S/C30H48O3/c1-18(9-12-24-27(4,5)33-24)19-13-16-28(6)22-11-10-20-25(21(31)14-15-26(20,2)3)30(22,8)23(32)17-29(19,28)7/h10,14,18-19,22-25,31-32H,9,11-13,15-17H2,1-8H3/t18-,19-,22+,23?,24?,25+,28+,29-,30+/m1/s1. The number of epoxide rings is 1. The van der Waals surface area contributed by atoms with Crippen molar-refractivity contribution >= 4 is 0 Å². The zero-order chi connectivity index (χ0) is 24.2. The number of hydrogen-bond acceptors (Lipinski definition) is 3. The summed E-state index contributed by atoms with van der Waals surface area (Å²) in [6, 6.07) is 0. The largest absolute Gasteiger partial charge is 0.512 e. The van der Waals surface area contributed by atoms with Gasteiger partial charge in [0.25, 0.3) is 0 Å². The number of aliphatic hydroxyl groups excluding tert-OH is 2. The molecule has 0 amide bonds. The van der Waals surface area contributed by atoms with Gasteiger partial charge in [-0.1, -0.05) is 53.2 Å². The molecule has 1 aliphatic heterocycles. The molecule has 0 spiro atoms. The fraction of sp³-hybridized carbons (Fsp3) is 0.867. The van der Waals surface area contributed by atoms with Crippen LogP contribution in [0.5, 0.6) is 0 Å². The summed E-state index contributed by atoms with van der Waals surface area (Å²) in [6.07, 6.45) is 12.2. The first-order valence-electron chi connectivity index (χ1n) is 13.6. The van der Waals surface area contributed by atoms with Crippen molar-refractivity contribution < 1.29 is 14.9 Å². The predicted octanol–water partition coefficient (Wildman–Crippen LogP) is 7.21. The maximum absolute atomic E-state index is 11.9. The first-order chi connectivity index (χ1) is 15.2. The summed E-state index contributed by atoms with van der Waals surface area (Å²) in [6.45, 7) is 18.8. The van der Waals surface area contributed by atoms with Crippen LogP contribution < -0.4 is 0 Å². The van der Waals surface area contributed by atoms with Crippen LogP contribution >= 0.6 is 0 Å². The molecule has 0 radical (unpaired) electrons. The second-order valence-corrected chi connectivity index (χ2v) is 14.4. The van der Waals surface area contributed by atoms with Crippen LogP contribution in [0.4, 0.5) is 0 Å². The molecule has 0 bridgehead atoms. The number of fused-ring (bicyclic) bond motifs is 5. The fourth-order valence-corrected chi connectivity index (χ4v) is 9.59. The third-order valence-electron chi connectivity index (χ3n) is 12.1. The van der Waals surface area contributed by atoms with Crippen molar-refractivity contribution in [2.75, 3.05) is 0 Å². The Labute approximate surface area is 202 Å². The summed E-state index contributed by atoms with van der Waals surface area (Å²) in [5.74, 6) is 2.14. The quantitative estimate of drug-likeness (QED) is 0.347. The first-order valence-corrected chi connectivity index (χ1v) is 13.6. The molecule has 5 aliphatic rings. The SMILES string of the molecule is C[C@H](CCC1OC1(C)C)[C@H]1CC[C@@]2(C)[C@@H]3CC=C4[C@@H](C(O)=CCC4(C)C)[C@]3(C)C(O)C[C@]12C. The van der Waals surface area contributed by atoms with Crippen LogP contribution in [-0.2, 0) is 4.74 Å². The van der Waals surface area contributed by atoms with E-state index < -0.39 is 6.10 Å². The molecule has 3 fully saturated rings. The molecular weight excluding hydrogens is 408 g/mol. The van der Waals surface area contributed by atoms with Crippen molar-refractivity contribution in [2.45, 2.75) is 118 Å².